The van der Waals surface area contributed by atoms with Crippen LogP contribution in [0.2, 0.25) is 10.0 Å². The van der Waals surface area contributed by atoms with Crippen LogP contribution in [0.4, 0.5) is 0 Å². The number of hydrogen-bond acceptors (Lipinski definition) is 0. The molecule has 0 fully saturated rings. The maximum absolute atomic E-state index is 6.13. The van der Waals surface area contributed by atoms with Crippen molar-refractivity contribution in [3.8, 4) is 0 Å². The van der Waals surface area contributed by atoms with E-state index in [9.17, 15) is 0 Å². The van der Waals surface area contributed by atoms with Gasteiger partial charge in [-0.25, -0.2) is 0 Å². The molecule has 86 valence electrons. The lowest BCUT2D eigenvalue weighted by Gasteiger charge is -2.17. The van der Waals surface area contributed by atoms with Crippen molar-refractivity contribution in [2.24, 2.45) is 5.41 Å². The lowest BCUT2D eigenvalue weighted by Crippen LogP contribution is -2.08. The smallest absolute Gasteiger partial charge is 0.0661 e. The lowest BCUT2D eigenvalue weighted by atomic mass is 9.88. The predicted octanol–water partition coefficient (Wildman–Crippen LogP) is 5.06. The minimum absolute atomic E-state index is 0.254. The van der Waals surface area contributed by atoms with Crippen LogP contribution in [0.15, 0.2) is 18.3 Å². The molecule has 0 unspecified atom stereocenters. The number of fused-ring (bicyclic) bond motifs is 1. The fraction of sp³-hybridized carbons (Fsp3) is 0.385. The monoisotopic (exact) mass is 255 g/mol. The second kappa shape index (κ2) is 3.97. The molecule has 1 aromatic heterocycles. The summed E-state index contributed by atoms with van der Waals surface area (Å²) in [5.74, 6) is 0. The molecule has 0 atom stereocenters. The normalized spacial score (nSPS) is 12.3. The fourth-order valence-electron chi connectivity index (χ4n) is 1.93. The summed E-state index contributed by atoms with van der Waals surface area (Å²) >= 11 is 12.2. The van der Waals surface area contributed by atoms with E-state index in [4.69, 9.17) is 23.2 Å². The van der Waals surface area contributed by atoms with E-state index in [1.807, 2.05) is 12.3 Å². The third-order valence-corrected chi connectivity index (χ3v) is 3.03. The number of H-pyrrole nitrogens is 1. The first kappa shape index (κ1) is 11.8. The highest BCUT2D eigenvalue weighted by molar-refractivity contribution is 6.38. The highest BCUT2D eigenvalue weighted by atomic mass is 35.5. The molecule has 0 radical (unpaired) electrons. The SMILES string of the molecule is CC(C)(C)Cc1c[nH]c2c(Cl)cc(Cl)cc12. The minimum atomic E-state index is 0.254. The fourth-order valence-corrected chi connectivity index (χ4v) is 2.48. The van der Waals surface area contributed by atoms with Crippen LogP contribution in [-0.4, -0.2) is 4.98 Å². The Labute approximate surface area is 106 Å². The van der Waals surface area contributed by atoms with Gasteiger partial charge >= 0.3 is 0 Å². The molecule has 0 amide bonds. The van der Waals surface area contributed by atoms with Crippen LogP contribution in [-0.2, 0) is 6.42 Å². The molecular weight excluding hydrogens is 241 g/mol. The molecule has 1 heterocycles. The second-order valence-electron chi connectivity index (χ2n) is 5.36. The minimum Gasteiger partial charge on any atom is -0.360 e. The molecule has 0 saturated heterocycles. The Bertz CT molecular complexity index is 520. The predicted molar refractivity (Wildman–Crippen MR) is 71.5 cm³/mol. The number of rotatable bonds is 1. The number of aromatic amines is 1. The van der Waals surface area contributed by atoms with Crippen LogP contribution in [0.25, 0.3) is 10.9 Å². The zero-order valence-electron chi connectivity index (χ0n) is 9.70. The molecule has 0 saturated carbocycles. The molecule has 16 heavy (non-hydrogen) atoms. The van der Waals surface area contributed by atoms with Gasteiger partial charge in [-0.3, -0.25) is 0 Å². The Kier molecular flexibility index (Phi) is 2.93. The summed E-state index contributed by atoms with van der Waals surface area (Å²) in [5.41, 5.74) is 2.50. The Balaban J connectivity index is 2.56. The number of hydrogen-bond donors (Lipinski definition) is 1. The summed E-state index contributed by atoms with van der Waals surface area (Å²) in [6.07, 6.45) is 3.03. The van der Waals surface area contributed by atoms with Gasteiger partial charge in [0.2, 0.25) is 0 Å². The summed E-state index contributed by atoms with van der Waals surface area (Å²) in [6, 6.07) is 3.74. The van der Waals surface area contributed by atoms with Crippen molar-refractivity contribution in [1.29, 1.82) is 0 Å². The van der Waals surface area contributed by atoms with Crippen molar-refractivity contribution in [2.75, 3.05) is 0 Å². The van der Waals surface area contributed by atoms with Crippen LogP contribution < -0.4 is 0 Å². The molecule has 0 bridgehead atoms. The summed E-state index contributed by atoms with van der Waals surface area (Å²) in [5, 5.41) is 2.50. The maximum Gasteiger partial charge on any atom is 0.0661 e. The Morgan fingerprint density at radius 1 is 1.19 bits per heavy atom. The Morgan fingerprint density at radius 2 is 1.88 bits per heavy atom. The van der Waals surface area contributed by atoms with E-state index < -0.39 is 0 Å². The Morgan fingerprint density at radius 3 is 2.50 bits per heavy atom. The van der Waals surface area contributed by atoms with E-state index in [1.54, 1.807) is 6.07 Å². The summed E-state index contributed by atoms with van der Waals surface area (Å²) < 4.78 is 0. The van der Waals surface area contributed by atoms with Crippen molar-refractivity contribution < 1.29 is 0 Å². The number of nitrogens with one attached hydrogen (secondary N) is 1. The van der Waals surface area contributed by atoms with E-state index >= 15 is 0 Å². The van der Waals surface area contributed by atoms with Crippen molar-refractivity contribution in [2.45, 2.75) is 27.2 Å². The third kappa shape index (κ3) is 2.36. The first-order valence-corrected chi connectivity index (χ1v) is 6.07. The first-order valence-electron chi connectivity index (χ1n) is 5.32. The topological polar surface area (TPSA) is 15.8 Å². The van der Waals surface area contributed by atoms with Gasteiger partial charge < -0.3 is 4.98 Å². The molecular formula is C13H15Cl2N. The van der Waals surface area contributed by atoms with Crippen LogP contribution in [0.3, 0.4) is 0 Å². The van der Waals surface area contributed by atoms with Crippen molar-refractivity contribution in [3.63, 3.8) is 0 Å². The summed E-state index contributed by atoms with van der Waals surface area (Å²) in [6.45, 7) is 6.66. The second-order valence-corrected chi connectivity index (χ2v) is 6.21. The molecule has 0 spiro atoms. The van der Waals surface area contributed by atoms with Gasteiger partial charge in [0.1, 0.15) is 0 Å². The molecule has 2 aromatic rings. The molecule has 1 aromatic carbocycles. The molecule has 2 rings (SSSR count). The number of halogens is 2. The Hall–Kier alpha value is -0.660. The molecule has 0 aliphatic carbocycles. The van der Waals surface area contributed by atoms with Gasteiger partial charge in [-0.2, -0.15) is 0 Å². The van der Waals surface area contributed by atoms with Gasteiger partial charge in [0.25, 0.3) is 0 Å². The van der Waals surface area contributed by atoms with Gasteiger partial charge in [-0.15, -0.1) is 0 Å². The average molecular weight is 256 g/mol. The molecule has 0 aliphatic rings. The molecule has 0 aliphatic heterocycles. The summed E-state index contributed by atoms with van der Waals surface area (Å²) in [7, 11) is 0. The first-order chi connectivity index (χ1) is 7.37. The highest BCUT2D eigenvalue weighted by Crippen LogP contribution is 2.32. The highest BCUT2D eigenvalue weighted by Gasteiger charge is 2.15. The van der Waals surface area contributed by atoms with Crippen molar-refractivity contribution in [1.82, 2.24) is 4.98 Å². The van der Waals surface area contributed by atoms with E-state index in [0.717, 1.165) is 17.3 Å². The van der Waals surface area contributed by atoms with E-state index in [1.165, 1.54) is 5.56 Å². The van der Waals surface area contributed by atoms with Crippen molar-refractivity contribution >= 4 is 34.1 Å². The van der Waals surface area contributed by atoms with Gasteiger partial charge in [-0.1, -0.05) is 44.0 Å². The van der Waals surface area contributed by atoms with Gasteiger partial charge in [0.15, 0.2) is 0 Å². The molecule has 3 heteroatoms. The largest absolute Gasteiger partial charge is 0.360 e. The quantitative estimate of drug-likeness (QED) is 0.733. The maximum atomic E-state index is 6.13. The van der Waals surface area contributed by atoms with Gasteiger partial charge in [0.05, 0.1) is 10.5 Å². The zero-order valence-corrected chi connectivity index (χ0v) is 11.2. The van der Waals surface area contributed by atoms with Crippen LogP contribution in [0.5, 0.6) is 0 Å². The van der Waals surface area contributed by atoms with Gasteiger partial charge in [0, 0.05) is 16.6 Å². The molecule has 1 N–H and O–H groups in total. The number of aromatic nitrogens is 1. The van der Waals surface area contributed by atoms with Crippen molar-refractivity contribution in [3.05, 3.63) is 33.9 Å². The number of benzene rings is 1. The lowest BCUT2D eigenvalue weighted by molar-refractivity contribution is 0.412. The average Bonchev–Trinajstić information content (AvgIpc) is 2.46. The van der Waals surface area contributed by atoms with Crippen LogP contribution >= 0.6 is 23.2 Å². The zero-order chi connectivity index (χ0) is 11.9. The third-order valence-electron chi connectivity index (χ3n) is 2.51. The van der Waals surface area contributed by atoms with E-state index in [-0.39, 0.29) is 5.41 Å². The van der Waals surface area contributed by atoms with Crippen LogP contribution in [0.1, 0.15) is 26.3 Å². The van der Waals surface area contributed by atoms with Gasteiger partial charge in [-0.05, 0) is 29.5 Å². The molecule has 1 nitrogen and oxygen atoms in total. The van der Waals surface area contributed by atoms with E-state index in [2.05, 4.69) is 25.8 Å². The van der Waals surface area contributed by atoms with Crippen LogP contribution in [0, 0.1) is 5.41 Å². The summed E-state index contributed by atoms with van der Waals surface area (Å²) in [4.78, 5) is 3.22. The standard InChI is InChI=1S/C13H15Cl2N/c1-13(2,3)6-8-7-16-12-10(8)4-9(14)5-11(12)15/h4-5,7,16H,6H2,1-3H3. The van der Waals surface area contributed by atoms with E-state index in [0.29, 0.717) is 10.0 Å².